The van der Waals surface area contributed by atoms with E-state index in [-0.39, 0.29) is 17.5 Å². The molecule has 0 saturated carbocycles. The molecule has 0 aliphatic heterocycles. The lowest BCUT2D eigenvalue weighted by Crippen LogP contribution is -2.51. The predicted molar refractivity (Wildman–Crippen MR) is 344 cm³/mol. The summed E-state index contributed by atoms with van der Waals surface area (Å²) < 4.78 is 7.76. The number of benzene rings is 9. The molecule has 4 aromatic heterocycles. The number of hydrogen-bond acceptors (Lipinski definition) is 6. The van der Waals surface area contributed by atoms with Gasteiger partial charge in [-0.15, -0.1) is 45.3 Å². The van der Waals surface area contributed by atoms with Gasteiger partial charge in [0.25, 0.3) is 6.71 Å². The highest BCUT2D eigenvalue weighted by Gasteiger charge is 2.33. The molecular weight excluding hydrogens is 1010 g/mol. The van der Waals surface area contributed by atoms with Crippen LogP contribution in [0, 0.1) is 0 Å². The molecule has 7 heteroatoms. The highest BCUT2D eigenvalue weighted by atomic mass is 32.1. The second-order valence-corrected chi connectivity index (χ2v) is 26.3. The van der Waals surface area contributed by atoms with E-state index in [2.05, 4.69) is 275 Å². The smallest absolute Gasteiger partial charge is 0.271 e. The first-order valence-electron chi connectivity index (χ1n) is 26.5. The van der Waals surface area contributed by atoms with Crippen LogP contribution in [0.3, 0.4) is 0 Å². The van der Waals surface area contributed by atoms with E-state index in [4.69, 9.17) is 0 Å². The molecule has 0 fully saturated rings. The maximum absolute atomic E-state index is 4.24. The molecule has 9 aromatic carbocycles. The van der Waals surface area contributed by atoms with Gasteiger partial charge in [0.05, 0.1) is 0 Å². The second kappa shape index (κ2) is 19.8. The summed E-state index contributed by atoms with van der Waals surface area (Å²) in [5, 5.41) is 18.2. The summed E-state index contributed by atoms with van der Waals surface area (Å²) in [6.07, 6.45) is 0. The van der Waals surface area contributed by atoms with Crippen molar-refractivity contribution in [1.82, 2.24) is 0 Å². The topological polar surface area (TPSA) is 24.1 Å². The minimum atomic E-state index is -0.152. The van der Waals surface area contributed by atoms with Crippen LogP contribution in [0.1, 0.15) is 52.7 Å². The fourth-order valence-electron chi connectivity index (χ4n) is 10.9. The summed E-state index contributed by atoms with van der Waals surface area (Å²) in [5.41, 5.74) is 17.5. The molecule has 0 aliphatic rings. The molecule has 2 N–H and O–H groups in total. The molecule has 0 spiro atoms. The van der Waals surface area contributed by atoms with Crippen LogP contribution in [-0.4, -0.2) is 6.71 Å². The molecule has 77 heavy (non-hydrogen) atoms. The molecule has 0 saturated heterocycles. The number of fused-ring (bicyclic) bond motifs is 4. The van der Waals surface area contributed by atoms with Crippen molar-refractivity contribution in [2.45, 2.75) is 52.4 Å². The molecule has 0 unspecified atom stereocenters. The minimum absolute atomic E-state index is 0.0140. The van der Waals surface area contributed by atoms with Crippen LogP contribution >= 0.6 is 45.3 Å². The van der Waals surface area contributed by atoms with Crippen LogP contribution in [0.4, 0.5) is 22.7 Å². The maximum Gasteiger partial charge on any atom is 0.271 e. The minimum Gasteiger partial charge on any atom is -0.355 e. The van der Waals surface area contributed by atoms with Crippen molar-refractivity contribution in [2.75, 3.05) is 10.6 Å². The van der Waals surface area contributed by atoms with Gasteiger partial charge in [-0.3, -0.25) is 0 Å². The largest absolute Gasteiger partial charge is 0.355 e. The zero-order valence-corrected chi connectivity index (χ0v) is 47.3. The third kappa shape index (κ3) is 9.50. The van der Waals surface area contributed by atoms with Crippen LogP contribution in [0.2, 0.25) is 0 Å². The summed E-state index contributed by atoms with van der Waals surface area (Å²) in [6, 6.07) is 79.2. The van der Waals surface area contributed by atoms with Gasteiger partial charge >= 0.3 is 0 Å². The SMILES string of the molecule is CC(C)(C)c1ccc2sc(B(c3cc4cc(C(C)(C)C)ccc4s3)c3c(Nc4cc(-c5csc6ccccc56)ccc4-c4ccccc4)cccc3Nc3cc(-c4csc5ccccc45)ccc3-c3ccccc3)cc2c1. The van der Waals surface area contributed by atoms with E-state index in [9.17, 15) is 0 Å². The Labute approximate surface area is 468 Å². The molecule has 0 aliphatic carbocycles. The van der Waals surface area contributed by atoms with Crippen molar-refractivity contribution in [1.29, 1.82) is 0 Å². The summed E-state index contributed by atoms with van der Waals surface area (Å²) in [5.74, 6) is 0. The van der Waals surface area contributed by atoms with Gasteiger partial charge < -0.3 is 10.6 Å². The van der Waals surface area contributed by atoms with E-state index in [0.29, 0.717) is 0 Å². The lowest BCUT2D eigenvalue weighted by molar-refractivity contribution is 0.591. The highest BCUT2D eigenvalue weighted by molar-refractivity contribution is 7.39. The Hall–Kier alpha value is -7.52. The number of hydrogen-bond donors (Lipinski definition) is 2. The van der Waals surface area contributed by atoms with E-state index in [0.717, 1.165) is 45.0 Å². The lowest BCUT2D eigenvalue weighted by atomic mass is 9.42. The molecule has 4 heterocycles. The van der Waals surface area contributed by atoms with Gasteiger partial charge in [-0.05, 0) is 154 Å². The number of thiophene rings is 4. The Balaban J connectivity index is 1.07. The van der Waals surface area contributed by atoms with Crippen LogP contribution < -0.4 is 25.6 Å². The van der Waals surface area contributed by atoms with Crippen LogP contribution in [0.25, 0.3) is 84.9 Å². The molecule has 13 rings (SSSR count). The molecule has 0 radical (unpaired) electrons. The van der Waals surface area contributed by atoms with Crippen LogP contribution in [0.5, 0.6) is 0 Å². The summed E-state index contributed by atoms with van der Waals surface area (Å²) in [4.78, 5) is 0. The monoisotopic (exact) mass is 1060 g/mol. The molecule has 0 amide bonds. The van der Waals surface area contributed by atoms with E-state index < -0.39 is 0 Å². The van der Waals surface area contributed by atoms with Gasteiger partial charge in [-0.25, -0.2) is 0 Å². The highest BCUT2D eigenvalue weighted by Crippen LogP contribution is 2.42. The quantitative estimate of drug-likeness (QED) is 0.126. The maximum atomic E-state index is 4.24. The Kier molecular flexibility index (Phi) is 12.6. The van der Waals surface area contributed by atoms with E-state index in [1.165, 1.54) is 88.7 Å². The summed E-state index contributed by atoms with van der Waals surface area (Å²) in [7, 11) is 0. The Bertz CT molecular complexity index is 4040. The van der Waals surface area contributed by atoms with Gasteiger partial charge in [0.2, 0.25) is 0 Å². The van der Waals surface area contributed by atoms with Crippen molar-refractivity contribution in [3.8, 4) is 44.5 Å². The average Bonchev–Trinajstić information content (AvgIpc) is 4.29. The van der Waals surface area contributed by atoms with Crippen molar-refractivity contribution >= 4 is 130 Å². The molecule has 0 atom stereocenters. The first-order chi connectivity index (χ1) is 37.4. The zero-order valence-electron chi connectivity index (χ0n) is 44.1. The third-order valence-electron chi connectivity index (χ3n) is 15.1. The van der Waals surface area contributed by atoms with Gasteiger partial charge in [0.1, 0.15) is 0 Å². The van der Waals surface area contributed by atoms with Gasteiger partial charge in [0.15, 0.2) is 0 Å². The summed E-state index contributed by atoms with van der Waals surface area (Å²) in [6.45, 7) is 13.7. The first kappa shape index (κ1) is 49.1. The van der Waals surface area contributed by atoms with Crippen LogP contribution in [0.15, 0.2) is 223 Å². The summed E-state index contributed by atoms with van der Waals surface area (Å²) >= 11 is 7.45. The number of nitrogens with one attached hydrogen (secondary N) is 2. The Morgan fingerprint density at radius 2 is 0.766 bits per heavy atom. The van der Waals surface area contributed by atoms with Gasteiger partial charge in [-0.2, -0.15) is 0 Å². The number of anilines is 4. The van der Waals surface area contributed by atoms with Crippen molar-refractivity contribution in [2.24, 2.45) is 0 Å². The van der Waals surface area contributed by atoms with Crippen LogP contribution in [-0.2, 0) is 10.8 Å². The second-order valence-electron chi connectivity index (χ2n) is 22.3. The van der Waals surface area contributed by atoms with Gasteiger partial charge in [0, 0.05) is 74.6 Å². The zero-order chi connectivity index (χ0) is 52.4. The fraction of sp³-hybridized carbons (Fsp3) is 0.114. The molecule has 374 valence electrons. The number of rotatable bonds is 11. The molecule has 13 aromatic rings. The van der Waals surface area contributed by atoms with Crippen molar-refractivity contribution < 1.29 is 0 Å². The third-order valence-corrected chi connectivity index (χ3v) is 19.4. The van der Waals surface area contributed by atoms with E-state index in [1.54, 1.807) is 22.7 Å². The Morgan fingerprint density at radius 1 is 0.338 bits per heavy atom. The predicted octanol–water partition coefficient (Wildman–Crippen LogP) is 19.8. The molecule has 0 bridgehead atoms. The lowest BCUT2D eigenvalue weighted by Gasteiger charge is -2.24. The molecule has 2 nitrogen and oxygen atoms in total. The fourth-order valence-corrected chi connectivity index (χ4v) is 15.3. The van der Waals surface area contributed by atoms with Crippen molar-refractivity contribution in [3.63, 3.8) is 0 Å². The molecular formula is C70H57BN2S4. The van der Waals surface area contributed by atoms with E-state index in [1.807, 2.05) is 22.7 Å². The van der Waals surface area contributed by atoms with Crippen molar-refractivity contribution in [3.05, 3.63) is 234 Å². The standard InChI is InChI=1S/C70H57BN2S4/c1-69(2,3)50-30-34-62-48(36-50)40-66(76-62)71(67-41-49-37-51(70(4,5)6)31-35-63(49)77-67)68-58(72-60-38-46(28-32-52(60)44-18-9-7-10-19-44)56-42-74-64-26-15-13-22-54(56)64)24-17-25-59(68)73-61-39-47(29-33-53(61)45-20-11-8-12-21-45)57-43-75-65-27-16-14-23-55(57)65/h7-43,72-73H,1-6H3. The van der Waals surface area contributed by atoms with E-state index >= 15 is 0 Å². The Morgan fingerprint density at radius 3 is 1.21 bits per heavy atom. The normalized spacial score (nSPS) is 12.0. The first-order valence-corrected chi connectivity index (χ1v) is 29.9. The average molecular weight is 1070 g/mol. The van der Waals surface area contributed by atoms with Gasteiger partial charge in [-0.1, -0.05) is 181 Å².